The average Bonchev–Trinajstić information content (AvgIpc) is 2.64. The number of alkyl halides is 3. The van der Waals surface area contributed by atoms with E-state index >= 15 is 0 Å². The van der Waals surface area contributed by atoms with Crippen LogP contribution in [0.3, 0.4) is 0 Å². The van der Waals surface area contributed by atoms with Crippen molar-refractivity contribution < 1.29 is 27.4 Å². The van der Waals surface area contributed by atoms with Gasteiger partial charge in [-0.15, -0.1) is 0 Å². The van der Waals surface area contributed by atoms with Crippen LogP contribution in [0.4, 0.5) is 36.3 Å². The number of carbonyl (C=O) groups is 1. The van der Waals surface area contributed by atoms with Crippen LogP contribution in [0.2, 0.25) is 0 Å². The number of nitrogens with one attached hydrogen (secondary N) is 2. The topological polar surface area (TPSA) is 88.6 Å². The molecule has 0 bridgehead atoms. The third-order valence-electron chi connectivity index (χ3n) is 4.40. The Bertz CT molecular complexity index is 962. The van der Waals surface area contributed by atoms with E-state index in [1.807, 2.05) is 0 Å². The standard InChI is InChI=1S/C18H20F3N5O3/c1-17(2)15(27)26(4)11-7-12(28-5)10(6-13(11)29-17)24-16-23-8-9(18(19,20)21)14(22-3)25-16/h6-8H,1-5H3,(H2,22,23,24,25). The van der Waals surface area contributed by atoms with Gasteiger partial charge in [0.05, 0.1) is 18.5 Å². The van der Waals surface area contributed by atoms with Crippen LogP contribution in [0.1, 0.15) is 19.4 Å². The van der Waals surface area contributed by atoms with E-state index in [1.54, 1.807) is 33.0 Å². The Morgan fingerprint density at radius 1 is 1.28 bits per heavy atom. The van der Waals surface area contributed by atoms with Gasteiger partial charge in [-0.3, -0.25) is 4.79 Å². The molecule has 0 spiro atoms. The van der Waals surface area contributed by atoms with Gasteiger partial charge in [0.1, 0.15) is 22.9 Å². The zero-order chi connectivity index (χ0) is 21.6. The summed E-state index contributed by atoms with van der Waals surface area (Å²) in [5.41, 5.74) is -1.18. The van der Waals surface area contributed by atoms with Crippen molar-refractivity contribution in [3.8, 4) is 11.5 Å². The summed E-state index contributed by atoms with van der Waals surface area (Å²) in [6, 6.07) is 3.17. The number of aromatic nitrogens is 2. The Kier molecular flexibility index (Phi) is 4.93. The molecule has 1 aromatic heterocycles. The minimum absolute atomic E-state index is 0.0694. The third-order valence-corrected chi connectivity index (χ3v) is 4.40. The molecule has 3 rings (SSSR count). The number of nitrogens with zero attached hydrogens (tertiary/aromatic N) is 3. The van der Waals surface area contributed by atoms with Gasteiger partial charge in [-0.1, -0.05) is 0 Å². The van der Waals surface area contributed by atoms with Gasteiger partial charge >= 0.3 is 6.18 Å². The van der Waals surface area contributed by atoms with Gasteiger partial charge in [0, 0.05) is 32.4 Å². The lowest BCUT2D eigenvalue weighted by Crippen LogP contribution is -2.50. The summed E-state index contributed by atoms with van der Waals surface area (Å²) in [4.78, 5) is 21.5. The first-order valence-electron chi connectivity index (χ1n) is 8.56. The Balaban J connectivity index is 2.01. The predicted octanol–water partition coefficient (Wildman–Crippen LogP) is 3.42. The van der Waals surface area contributed by atoms with Crippen molar-refractivity contribution in [3.05, 3.63) is 23.9 Å². The van der Waals surface area contributed by atoms with Gasteiger partial charge in [0.2, 0.25) is 5.95 Å². The highest BCUT2D eigenvalue weighted by Gasteiger charge is 2.40. The number of carbonyl (C=O) groups excluding carboxylic acids is 1. The van der Waals surface area contributed by atoms with Crippen LogP contribution in [0.5, 0.6) is 11.5 Å². The molecule has 0 aliphatic carbocycles. The molecule has 8 nitrogen and oxygen atoms in total. The maximum absolute atomic E-state index is 13.0. The molecule has 2 N–H and O–H groups in total. The van der Waals surface area contributed by atoms with E-state index in [4.69, 9.17) is 9.47 Å². The lowest BCUT2D eigenvalue weighted by Gasteiger charge is -2.37. The van der Waals surface area contributed by atoms with E-state index in [-0.39, 0.29) is 17.7 Å². The van der Waals surface area contributed by atoms with Crippen molar-refractivity contribution in [2.45, 2.75) is 25.6 Å². The number of methoxy groups -OCH3 is 1. The molecule has 0 fully saturated rings. The molecule has 1 amide bonds. The second kappa shape index (κ2) is 6.98. The monoisotopic (exact) mass is 411 g/mol. The van der Waals surface area contributed by atoms with E-state index in [0.717, 1.165) is 0 Å². The van der Waals surface area contributed by atoms with E-state index in [2.05, 4.69) is 20.6 Å². The van der Waals surface area contributed by atoms with Crippen LogP contribution < -0.4 is 25.0 Å². The van der Waals surface area contributed by atoms with E-state index < -0.39 is 17.3 Å². The molecule has 0 radical (unpaired) electrons. The fourth-order valence-corrected chi connectivity index (χ4v) is 2.95. The first-order valence-corrected chi connectivity index (χ1v) is 8.56. The minimum atomic E-state index is -4.59. The second-order valence-corrected chi connectivity index (χ2v) is 6.83. The summed E-state index contributed by atoms with van der Waals surface area (Å²) >= 11 is 0. The van der Waals surface area contributed by atoms with Gasteiger partial charge in [-0.05, 0) is 13.8 Å². The molecule has 0 saturated heterocycles. The first-order chi connectivity index (χ1) is 13.5. The van der Waals surface area contributed by atoms with Crippen LogP contribution in [0.25, 0.3) is 0 Å². The Labute approximate surface area is 165 Å². The maximum Gasteiger partial charge on any atom is 0.421 e. The number of halogens is 3. The number of ether oxygens (including phenoxy) is 2. The molecule has 2 aromatic rings. The highest BCUT2D eigenvalue weighted by molar-refractivity contribution is 6.02. The fourth-order valence-electron chi connectivity index (χ4n) is 2.95. The van der Waals surface area contributed by atoms with Gasteiger partial charge < -0.3 is 25.0 Å². The van der Waals surface area contributed by atoms with Crippen LogP contribution in [0.15, 0.2) is 18.3 Å². The maximum atomic E-state index is 13.0. The van der Waals surface area contributed by atoms with Crippen LogP contribution in [0, 0.1) is 0 Å². The zero-order valence-corrected chi connectivity index (χ0v) is 16.4. The summed E-state index contributed by atoms with van der Waals surface area (Å²) < 4.78 is 50.2. The summed E-state index contributed by atoms with van der Waals surface area (Å²) in [7, 11) is 4.38. The SMILES string of the molecule is CNc1nc(Nc2cc3c(cc2OC)N(C)C(=O)C(C)(C)O3)ncc1C(F)(F)F. The number of hydrogen-bond donors (Lipinski definition) is 2. The Morgan fingerprint density at radius 3 is 2.55 bits per heavy atom. The number of fused-ring (bicyclic) bond motifs is 1. The second-order valence-electron chi connectivity index (χ2n) is 6.83. The third kappa shape index (κ3) is 3.71. The highest BCUT2D eigenvalue weighted by atomic mass is 19.4. The molecule has 0 unspecified atom stereocenters. The fraction of sp³-hybridized carbons (Fsp3) is 0.389. The molecule has 156 valence electrons. The number of anilines is 4. The lowest BCUT2D eigenvalue weighted by molar-refractivity contribution is -0.137. The molecule has 0 saturated carbocycles. The number of hydrogen-bond acceptors (Lipinski definition) is 7. The summed E-state index contributed by atoms with van der Waals surface area (Å²) in [5.74, 6) is 0.0783. The molecule has 1 aliphatic heterocycles. The number of amides is 1. The van der Waals surface area contributed by atoms with Crippen molar-refractivity contribution in [3.63, 3.8) is 0 Å². The van der Waals surface area contributed by atoms with Crippen LogP contribution in [-0.2, 0) is 11.0 Å². The normalized spacial score (nSPS) is 15.4. The lowest BCUT2D eigenvalue weighted by atomic mass is 10.0. The van der Waals surface area contributed by atoms with Crippen molar-refractivity contribution in [1.29, 1.82) is 0 Å². The minimum Gasteiger partial charge on any atom is -0.494 e. The molecular formula is C18H20F3N5O3. The van der Waals surface area contributed by atoms with Gasteiger partial charge in [-0.2, -0.15) is 18.2 Å². The molecule has 0 atom stereocenters. The summed E-state index contributed by atoms with van der Waals surface area (Å²) in [5, 5.41) is 5.26. The van der Waals surface area contributed by atoms with E-state index in [0.29, 0.717) is 29.1 Å². The molecule has 1 aromatic carbocycles. The predicted molar refractivity (Wildman–Crippen MR) is 101 cm³/mol. The van der Waals surface area contributed by atoms with Crippen molar-refractivity contribution in [1.82, 2.24) is 9.97 Å². The quantitative estimate of drug-likeness (QED) is 0.797. The Morgan fingerprint density at radius 2 is 1.97 bits per heavy atom. The van der Waals surface area contributed by atoms with Gasteiger partial charge in [-0.25, -0.2) is 4.98 Å². The highest BCUT2D eigenvalue weighted by Crippen LogP contribution is 2.44. The van der Waals surface area contributed by atoms with Crippen molar-refractivity contribution >= 4 is 29.0 Å². The van der Waals surface area contributed by atoms with E-state index in [9.17, 15) is 18.0 Å². The number of likely N-dealkylation sites (N-methyl/N-ethyl adjacent to an activating group) is 1. The summed E-state index contributed by atoms with van der Waals surface area (Å²) in [6.45, 7) is 3.29. The summed E-state index contributed by atoms with van der Waals surface area (Å²) in [6.07, 6.45) is -3.89. The van der Waals surface area contributed by atoms with Crippen LogP contribution in [-0.4, -0.2) is 42.7 Å². The number of benzene rings is 1. The van der Waals surface area contributed by atoms with Gasteiger partial charge in [0.25, 0.3) is 5.91 Å². The number of rotatable bonds is 4. The first kappa shape index (κ1) is 20.5. The average molecular weight is 411 g/mol. The smallest absolute Gasteiger partial charge is 0.421 e. The van der Waals surface area contributed by atoms with Crippen molar-refractivity contribution in [2.75, 3.05) is 36.7 Å². The Hall–Kier alpha value is -3.24. The van der Waals surface area contributed by atoms with E-state index in [1.165, 1.54) is 19.1 Å². The van der Waals surface area contributed by atoms with Crippen molar-refractivity contribution in [2.24, 2.45) is 0 Å². The molecule has 29 heavy (non-hydrogen) atoms. The largest absolute Gasteiger partial charge is 0.494 e. The van der Waals surface area contributed by atoms with Crippen LogP contribution >= 0.6 is 0 Å². The molecular weight excluding hydrogens is 391 g/mol. The molecule has 1 aliphatic rings. The zero-order valence-electron chi connectivity index (χ0n) is 16.4. The molecule has 11 heteroatoms. The van der Waals surface area contributed by atoms with Gasteiger partial charge in [0.15, 0.2) is 5.60 Å². The molecule has 2 heterocycles.